The highest BCUT2D eigenvalue weighted by Crippen LogP contribution is 2.14. The Kier molecular flexibility index (Phi) is 6.15. The van der Waals surface area contributed by atoms with E-state index in [2.05, 4.69) is 28.5 Å². The number of halogens is 2. The van der Waals surface area contributed by atoms with Crippen LogP contribution < -0.4 is 5.32 Å². The fourth-order valence-electron chi connectivity index (χ4n) is 1.21. The largest absolute Gasteiger partial charge is 0.356 e. The van der Waals surface area contributed by atoms with Gasteiger partial charge in [-0.05, 0) is 47.5 Å². The number of nitrogens with one attached hydrogen (secondary N) is 1. The molecule has 0 aromatic heterocycles. The molecule has 0 bridgehead atoms. The van der Waals surface area contributed by atoms with Crippen molar-refractivity contribution in [2.45, 2.75) is 0 Å². The van der Waals surface area contributed by atoms with Gasteiger partial charge in [-0.25, -0.2) is 0 Å². The van der Waals surface area contributed by atoms with Gasteiger partial charge in [-0.3, -0.25) is 4.79 Å². The zero-order valence-corrected chi connectivity index (χ0v) is 10.4. The number of carbonyl (C=O) groups excluding carboxylic acids is 1. The van der Waals surface area contributed by atoms with Crippen LogP contribution in [0.1, 0.15) is 0 Å². The maximum absolute atomic E-state index is 8.98. The molecule has 0 unspecified atom stereocenters. The van der Waals surface area contributed by atoms with E-state index in [9.17, 15) is 0 Å². The molecule has 4 heteroatoms. The molecule has 0 spiro atoms. The maximum atomic E-state index is 8.98. The maximum Gasteiger partial charge on any atom is 0.313 e. The predicted molar refractivity (Wildman–Crippen MR) is 73.3 cm³/mol. The van der Waals surface area contributed by atoms with Crippen molar-refractivity contribution >= 4 is 39.3 Å². The van der Waals surface area contributed by atoms with Crippen LogP contribution in [0.4, 0.5) is 16.2 Å². The van der Waals surface area contributed by atoms with Crippen molar-refractivity contribution in [3.8, 4) is 0 Å². The topological polar surface area (TPSA) is 29.1 Å². The predicted octanol–water partition coefficient (Wildman–Crippen LogP) is 5.01. The molecule has 2 aromatic carbocycles. The zero-order chi connectivity index (χ0) is 12.5. The molecule has 0 saturated carbocycles. The van der Waals surface area contributed by atoms with Crippen molar-refractivity contribution in [1.82, 2.24) is 0 Å². The molecule has 1 N–H and O–H groups in total. The van der Waals surface area contributed by atoms with Crippen molar-refractivity contribution < 1.29 is 4.79 Å². The van der Waals surface area contributed by atoms with E-state index in [0.29, 0.717) is 0 Å². The van der Waals surface area contributed by atoms with Crippen LogP contribution in [-0.2, 0) is 0 Å². The summed E-state index contributed by atoms with van der Waals surface area (Å²) in [7, 11) is 0. The Morgan fingerprint density at radius 2 is 1.06 bits per heavy atom. The number of benzene rings is 2. The van der Waals surface area contributed by atoms with Gasteiger partial charge in [-0.2, -0.15) is 0 Å². The number of hydrogen-bond acceptors (Lipinski definition) is 2. The summed E-state index contributed by atoms with van der Waals surface area (Å²) in [6.07, 6.45) is 0. The summed E-state index contributed by atoms with van der Waals surface area (Å²) in [6, 6.07) is 20.3. The van der Waals surface area contributed by atoms with E-state index in [0.717, 1.165) is 11.4 Å². The highest BCUT2D eigenvalue weighted by molar-refractivity contribution is 6.93. The third kappa shape index (κ3) is 6.61. The van der Waals surface area contributed by atoms with Crippen LogP contribution in [0.15, 0.2) is 60.7 Å². The fourth-order valence-corrected chi connectivity index (χ4v) is 1.21. The second kappa shape index (κ2) is 7.71. The van der Waals surface area contributed by atoms with Crippen LogP contribution in [0.3, 0.4) is 0 Å². The molecule has 0 aliphatic heterocycles. The Hall–Kier alpha value is -1.51. The van der Waals surface area contributed by atoms with Crippen LogP contribution >= 0.6 is 23.2 Å². The van der Waals surface area contributed by atoms with Gasteiger partial charge in [0.25, 0.3) is 0 Å². The summed E-state index contributed by atoms with van der Waals surface area (Å²) in [5, 5.41) is 3.30. The van der Waals surface area contributed by atoms with Crippen molar-refractivity contribution in [3.05, 3.63) is 60.7 Å². The van der Waals surface area contributed by atoms with E-state index in [1.54, 1.807) is 0 Å². The average Bonchev–Trinajstić information content (AvgIpc) is 2.31. The fraction of sp³-hybridized carbons (Fsp3) is 0. The summed E-state index contributed by atoms with van der Waals surface area (Å²) in [4.78, 5) is 8.98. The molecule has 2 aromatic rings. The van der Waals surface area contributed by atoms with E-state index >= 15 is 0 Å². The first-order valence-corrected chi connectivity index (χ1v) is 5.66. The van der Waals surface area contributed by atoms with E-state index in [1.807, 2.05) is 60.7 Å². The highest BCUT2D eigenvalue weighted by Gasteiger charge is 1.89. The van der Waals surface area contributed by atoms with Gasteiger partial charge in [0.15, 0.2) is 0 Å². The standard InChI is InChI=1S/C12H11N.CCl2O/c1-3-7-11(8-4-1)13-12-9-5-2-6-10-12;2-1(3)4/h1-10,13H;. The van der Waals surface area contributed by atoms with Crippen LogP contribution in [0, 0.1) is 0 Å². The van der Waals surface area contributed by atoms with E-state index in [-0.39, 0.29) is 0 Å². The summed E-state index contributed by atoms with van der Waals surface area (Å²) in [6.45, 7) is 0. The molecular weight excluding hydrogens is 257 g/mol. The molecule has 0 aliphatic rings. The van der Waals surface area contributed by atoms with Crippen molar-refractivity contribution in [1.29, 1.82) is 0 Å². The lowest BCUT2D eigenvalue weighted by Gasteiger charge is -2.04. The molecule has 0 saturated heterocycles. The molecule has 88 valence electrons. The van der Waals surface area contributed by atoms with Gasteiger partial charge in [0.05, 0.1) is 0 Å². The van der Waals surface area contributed by atoms with Crippen molar-refractivity contribution in [2.24, 2.45) is 0 Å². The van der Waals surface area contributed by atoms with Gasteiger partial charge in [0.1, 0.15) is 0 Å². The summed E-state index contributed by atoms with van der Waals surface area (Å²) >= 11 is 8.80. The molecule has 0 amide bonds. The Labute approximate surface area is 110 Å². The molecule has 0 heterocycles. The number of rotatable bonds is 2. The number of carbonyl (C=O) groups is 1. The van der Waals surface area contributed by atoms with Gasteiger partial charge >= 0.3 is 4.70 Å². The van der Waals surface area contributed by atoms with Gasteiger partial charge in [-0.15, -0.1) is 0 Å². The molecule has 17 heavy (non-hydrogen) atoms. The number of para-hydroxylation sites is 2. The van der Waals surface area contributed by atoms with Gasteiger partial charge in [0, 0.05) is 11.4 Å². The summed E-state index contributed by atoms with van der Waals surface area (Å²) in [5.41, 5.74) is 2.24. The molecular formula is C13H11Cl2NO. The smallest absolute Gasteiger partial charge is 0.313 e. The summed E-state index contributed by atoms with van der Waals surface area (Å²) < 4.78 is -0.889. The van der Waals surface area contributed by atoms with Crippen LogP contribution in [0.25, 0.3) is 0 Å². The lowest BCUT2D eigenvalue weighted by molar-refractivity contribution is 0.275. The van der Waals surface area contributed by atoms with Gasteiger partial charge in [-0.1, -0.05) is 36.4 Å². The second-order valence-corrected chi connectivity index (χ2v) is 3.96. The normalized spacial score (nSPS) is 8.82. The van der Waals surface area contributed by atoms with E-state index < -0.39 is 4.70 Å². The Bertz CT molecular complexity index is 404. The zero-order valence-electron chi connectivity index (χ0n) is 8.94. The van der Waals surface area contributed by atoms with Gasteiger partial charge < -0.3 is 5.32 Å². The number of hydrogen-bond donors (Lipinski definition) is 1. The third-order valence-corrected chi connectivity index (χ3v) is 1.84. The molecule has 0 atom stereocenters. The first-order valence-electron chi connectivity index (χ1n) is 4.90. The quantitative estimate of drug-likeness (QED) is 0.775. The lowest BCUT2D eigenvalue weighted by Crippen LogP contribution is -1.87. The van der Waals surface area contributed by atoms with E-state index in [4.69, 9.17) is 4.79 Å². The SMILES string of the molecule is O=C(Cl)Cl.c1ccc(Nc2ccccc2)cc1. The number of anilines is 2. The lowest BCUT2D eigenvalue weighted by atomic mass is 10.3. The highest BCUT2D eigenvalue weighted by atomic mass is 35.5. The van der Waals surface area contributed by atoms with E-state index in [1.165, 1.54) is 0 Å². The molecule has 2 rings (SSSR count). The molecule has 0 aliphatic carbocycles. The Morgan fingerprint density at radius 1 is 0.765 bits per heavy atom. The van der Waals surface area contributed by atoms with Crippen LogP contribution in [0.2, 0.25) is 0 Å². The average molecular weight is 268 g/mol. The van der Waals surface area contributed by atoms with Crippen molar-refractivity contribution in [3.63, 3.8) is 0 Å². The van der Waals surface area contributed by atoms with Crippen LogP contribution in [0.5, 0.6) is 0 Å². The molecule has 2 nitrogen and oxygen atoms in total. The molecule has 0 fully saturated rings. The van der Waals surface area contributed by atoms with Gasteiger partial charge in [0.2, 0.25) is 0 Å². The first kappa shape index (κ1) is 13.6. The molecule has 0 radical (unpaired) electrons. The van der Waals surface area contributed by atoms with Crippen LogP contribution in [-0.4, -0.2) is 4.70 Å². The minimum absolute atomic E-state index is 0.889. The summed E-state index contributed by atoms with van der Waals surface area (Å²) in [5.74, 6) is 0. The Morgan fingerprint density at radius 3 is 1.35 bits per heavy atom. The Balaban J connectivity index is 0.000000317. The minimum atomic E-state index is -0.889. The van der Waals surface area contributed by atoms with Crippen molar-refractivity contribution in [2.75, 3.05) is 5.32 Å². The first-order chi connectivity index (χ1) is 8.18. The second-order valence-electron chi connectivity index (χ2n) is 3.08. The monoisotopic (exact) mass is 267 g/mol. The minimum Gasteiger partial charge on any atom is -0.356 e. The third-order valence-electron chi connectivity index (χ3n) is 1.84.